The van der Waals surface area contributed by atoms with Gasteiger partial charge in [0.15, 0.2) is 0 Å². The lowest BCUT2D eigenvalue weighted by molar-refractivity contribution is 0.296. The molecule has 0 aromatic heterocycles. The Morgan fingerprint density at radius 3 is 2.50 bits per heavy atom. The Kier molecular flexibility index (Phi) is 7.35. The molecule has 90 valence electrons. The van der Waals surface area contributed by atoms with Gasteiger partial charge in [0.2, 0.25) is 0 Å². The van der Waals surface area contributed by atoms with E-state index in [1.165, 1.54) is 31.2 Å². The minimum absolute atomic E-state index is 0.239. The van der Waals surface area contributed by atoms with Crippen molar-refractivity contribution in [1.82, 2.24) is 0 Å². The van der Waals surface area contributed by atoms with Gasteiger partial charge in [-0.3, -0.25) is 0 Å². The van der Waals surface area contributed by atoms with Crippen LogP contribution in [0, 0.1) is 0 Å². The fourth-order valence-corrected chi connectivity index (χ4v) is 2.79. The van der Waals surface area contributed by atoms with Crippen molar-refractivity contribution in [1.29, 1.82) is 0 Å². The summed E-state index contributed by atoms with van der Waals surface area (Å²) < 4.78 is 0. The first-order valence-electron chi connectivity index (χ1n) is 6.16. The largest absolute Gasteiger partial charge is 0.395 e. The third kappa shape index (κ3) is 5.04. The number of rotatable bonds is 8. The highest BCUT2D eigenvalue weighted by molar-refractivity contribution is 7.99. The first-order valence-corrected chi connectivity index (χ1v) is 7.20. The van der Waals surface area contributed by atoms with Crippen LogP contribution < -0.4 is 0 Å². The number of thioether (sulfide) groups is 1. The summed E-state index contributed by atoms with van der Waals surface area (Å²) in [7, 11) is 0. The van der Waals surface area contributed by atoms with Crippen molar-refractivity contribution in [2.24, 2.45) is 0 Å². The molecule has 2 heteroatoms. The van der Waals surface area contributed by atoms with Crippen molar-refractivity contribution in [2.75, 3.05) is 12.4 Å². The zero-order valence-electron chi connectivity index (χ0n) is 10.1. The molecule has 0 aliphatic rings. The average Bonchev–Trinajstić information content (AvgIpc) is 2.35. The van der Waals surface area contributed by atoms with Crippen LogP contribution in [0.2, 0.25) is 0 Å². The summed E-state index contributed by atoms with van der Waals surface area (Å²) in [6, 6.07) is 10.3. The predicted octanol–water partition coefficient (Wildman–Crippen LogP) is 4.03. The van der Waals surface area contributed by atoms with Crippen molar-refractivity contribution < 1.29 is 5.11 Å². The minimum atomic E-state index is 0.239. The maximum atomic E-state index is 9.36. The lowest BCUT2D eigenvalue weighted by Gasteiger charge is -2.13. The molecule has 0 aliphatic carbocycles. The molecule has 0 fully saturated rings. The molecule has 0 saturated carbocycles. The van der Waals surface area contributed by atoms with Crippen LogP contribution in [0.5, 0.6) is 0 Å². The molecule has 0 saturated heterocycles. The summed E-state index contributed by atoms with van der Waals surface area (Å²) in [5.41, 5.74) is 1.24. The monoisotopic (exact) mass is 238 g/mol. The summed E-state index contributed by atoms with van der Waals surface area (Å²) in [6.07, 6.45) is 5.20. The molecule has 1 nitrogen and oxygen atoms in total. The molecule has 0 heterocycles. The van der Waals surface area contributed by atoms with E-state index in [4.69, 9.17) is 0 Å². The molecule has 0 bridgehead atoms. The standard InChI is InChI=1S/C14H22OS/c1-2-3-4-8-11-16-14(12-15)13-9-6-5-7-10-13/h5-7,9-10,14-15H,2-4,8,11-12H2,1H3. The summed E-state index contributed by atoms with van der Waals surface area (Å²) in [6.45, 7) is 2.47. The number of aliphatic hydroxyl groups excluding tert-OH is 1. The Bertz CT molecular complexity index is 261. The SMILES string of the molecule is CCCCCCSC(CO)c1ccccc1. The van der Waals surface area contributed by atoms with Crippen LogP contribution in [0.15, 0.2) is 30.3 Å². The van der Waals surface area contributed by atoms with Crippen molar-refractivity contribution in [2.45, 2.75) is 37.9 Å². The van der Waals surface area contributed by atoms with Crippen molar-refractivity contribution in [3.8, 4) is 0 Å². The minimum Gasteiger partial charge on any atom is -0.395 e. The Morgan fingerprint density at radius 1 is 1.12 bits per heavy atom. The van der Waals surface area contributed by atoms with E-state index in [0.29, 0.717) is 0 Å². The van der Waals surface area contributed by atoms with Crippen LogP contribution in [0.25, 0.3) is 0 Å². The van der Waals surface area contributed by atoms with Crippen molar-refractivity contribution in [3.63, 3.8) is 0 Å². The summed E-state index contributed by atoms with van der Waals surface area (Å²) in [5, 5.41) is 9.61. The molecular weight excluding hydrogens is 216 g/mol. The molecule has 1 rings (SSSR count). The van der Waals surface area contributed by atoms with Crippen molar-refractivity contribution in [3.05, 3.63) is 35.9 Å². The van der Waals surface area contributed by atoms with E-state index in [0.717, 1.165) is 5.75 Å². The first-order chi connectivity index (χ1) is 7.88. The molecule has 1 aromatic carbocycles. The first kappa shape index (κ1) is 13.6. The predicted molar refractivity (Wildman–Crippen MR) is 72.9 cm³/mol. The van der Waals surface area contributed by atoms with Gasteiger partial charge in [0.25, 0.3) is 0 Å². The molecule has 0 amide bonds. The third-order valence-corrected chi connectivity index (χ3v) is 4.00. The van der Waals surface area contributed by atoms with E-state index in [2.05, 4.69) is 19.1 Å². The van der Waals surface area contributed by atoms with Gasteiger partial charge in [-0.2, -0.15) is 11.8 Å². The Hall–Kier alpha value is -0.470. The van der Waals surface area contributed by atoms with Crippen LogP contribution in [0.1, 0.15) is 43.4 Å². The molecule has 1 atom stereocenters. The van der Waals surface area contributed by atoms with Crippen LogP contribution in [-0.2, 0) is 0 Å². The Morgan fingerprint density at radius 2 is 1.88 bits per heavy atom. The van der Waals surface area contributed by atoms with Gasteiger partial charge in [-0.05, 0) is 17.7 Å². The lowest BCUT2D eigenvalue weighted by Crippen LogP contribution is -2.00. The smallest absolute Gasteiger partial charge is 0.0591 e. The maximum absolute atomic E-state index is 9.36. The molecule has 0 radical (unpaired) electrons. The second-order valence-electron chi connectivity index (χ2n) is 4.01. The zero-order chi connectivity index (χ0) is 11.6. The molecule has 1 N–H and O–H groups in total. The number of hydrogen-bond donors (Lipinski definition) is 1. The van der Waals surface area contributed by atoms with E-state index in [-0.39, 0.29) is 11.9 Å². The second kappa shape index (κ2) is 8.66. The number of unbranched alkanes of at least 4 members (excludes halogenated alkanes) is 3. The number of benzene rings is 1. The van der Waals surface area contributed by atoms with Gasteiger partial charge in [-0.15, -0.1) is 0 Å². The molecule has 0 aliphatic heterocycles. The molecule has 1 aromatic rings. The fraction of sp³-hybridized carbons (Fsp3) is 0.571. The average molecular weight is 238 g/mol. The fourth-order valence-electron chi connectivity index (χ4n) is 1.68. The van der Waals surface area contributed by atoms with Gasteiger partial charge in [0.05, 0.1) is 11.9 Å². The lowest BCUT2D eigenvalue weighted by atomic mass is 10.2. The Balaban J connectivity index is 2.27. The van der Waals surface area contributed by atoms with E-state index < -0.39 is 0 Å². The van der Waals surface area contributed by atoms with Gasteiger partial charge >= 0.3 is 0 Å². The highest BCUT2D eigenvalue weighted by Crippen LogP contribution is 2.28. The van der Waals surface area contributed by atoms with Gasteiger partial charge in [-0.25, -0.2) is 0 Å². The summed E-state index contributed by atoms with van der Waals surface area (Å²) in [5.74, 6) is 1.15. The maximum Gasteiger partial charge on any atom is 0.0591 e. The van der Waals surface area contributed by atoms with Gasteiger partial charge in [-0.1, -0.05) is 56.5 Å². The molecular formula is C14H22OS. The van der Waals surface area contributed by atoms with Gasteiger partial charge < -0.3 is 5.11 Å². The summed E-state index contributed by atoms with van der Waals surface area (Å²) in [4.78, 5) is 0. The van der Waals surface area contributed by atoms with Crippen LogP contribution in [0.3, 0.4) is 0 Å². The number of hydrogen-bond acceptors (Lipinski definition) is 2. The van der Waals surface area contributed by atoms with Crippen LogP contribution in [-0.4, -0.2) is 17.5 Å². The zero-order valence-corrected chi connectivity index (χ0v) is 10.9. The topological polar surface area (TPSA) is 20.2 Å². The van der Waals surface area contributed by atoms with Gasteiger partial charge in [0, 0.05) is 0 Å². The van der Waals surface area contributed by atoms with E-state index in [1.807, 2.05) is 30.0 Å². The highest BCUT2D eigenvalue weighted by Gasteiger charge is 2.09. The second-order valence-corrected chi connectivity index (χ2v) is 5.32. The number of aliphatic hydroxyl groups is 1. The Labute approximate surface area is 103 Å². The van der Waals surface area contributed by atoms with Gasteiger partial charge in [0.1, 0.15) is 0 Å². The third-order valence-electron chi connectivity index (χ3n) is 2.65. The van der Waals surface area contributed by atoms with E-state index >= 15 is 0 Å². The molecule has 16 heavy (non-hydrogen) atoms. The van der Waals surface area contributed by atoms with E-state index in [9.17, 15) is 5.11 Å². The van der Waals surface area contributed by atoms with Crippen LogP contribution in [0.4, 0.5) is 0 Å². The molecule has 0 spiro atoms. The summed E-state index contributed by atoms with van der Waals surface area (Å²) >= 11 is 1.88. The van der Waals surface area contributed by atoms with Crippen LogP contribution >= 0.6 is 11.8 Å². The quantitative estimate of drug-likeness (QED) is 0.690. The molecule has 1 unspecified atom stereocenters. The van der Waals surface area contributed by atoms with E-state index in [1.54, 1.807) is 0 Å². The van der Waals surface area contributed by atoms with Crippen molar-refractivity contribution >= 4 is 11.8 Å². The highest BCUT2D eigenvalue weighted by atomic mass is 32.2. The normalized spacial score (nSPS) is 12.6.